The van der Waals surface area contributed by atoms with Crippen molar-refractivity contribution >= 4 is 6.16 Å². The van der Waals surface area contributed by atoms with Gasteiger partial charge in [0, 0.05) is 12.0 Å². The van der Waals surface area contributed by atoms with Crippen molar-refractivity contribution in [3.05, 3.63) is 35.9 Å². The number of carbonyl (C=O) groups excluding carboxylic acids is 1. The molecule has 1 aromatic carbocycles. The highest BCUT2D eigenvalue weighted by molar-refractivity contribution is 5.60. The second-order valence-electron chi connectivity index (χ2n) is 3.79. The van der Waals surface area contributed by atoms with Gasteiger partial charge in [0.25, 0.3) is 0 Å². The summed E-state index contributed by atoms with van der Waals surface area (Å²) in [6.07, 6.45) is 1.68. The third-order valence-corrected chi connectivity index (χ3v) is 2.37. The molecule has 0 aliphatic heterocycles. The quantitative estimate of drug-likeness (QED) is 0.461. The molecule has 0 aliphatic rings. The van der Waals surface area contributed by atoms with Crippen molar-refractivity contribution in [1.29, 1.82) is 0 Å². The molecule has 0 heterocycles. The first-order valence-electron chi connectivity index (χ1n) is 6.06. The Morgan fingerprint density at radius 3 is 2.67 bits per heavy atom. The van der Waals surface area contributed by atoms with Gasteiger partial charge < -0.3 is 9.47 Å². The lowest BCUT2D eigenvalue weighted by Crippen LogP contribution is -2.09. The molecule has 3 nitrogen and oxygen atoms in total. The van der Waals surface area contributed by atoms with Crippen LogP contribution in [0.25, 0.3) is 0 Å². The Balaban J connectivity index is 2.74. The van der Waals surface area contributed by atoms with E-state index in [9.17, 15) is 4.79 Å². The molecular weight excluding hydrogens is 228 g/mol. The lowest BCUT2D eigenvalue weighted by molar-refractivity contribution is 0.0550. The smallest absolute Gasteiger partial charge is 0.438 e. The van der Waals surface area contributed by atoms with Gasteiger partial charge in [-0.3, -0.25) is 0 Å². The van der Waals surface area contributed by atoms with E-state index in [2.05, 4.69) is 23.5 Å². The average Bonchev–Trinajstić information content (AvgIpc) is 2.43. The van der Waals surface area contributed by atoms with Crippen LogP contribution in [0.4, 0.5) is 4.79 Å². The van der Waals surface area contributed by atoms with Crippen LogP contribution >= 0.6 is 0 Å². The van der Waals surface area contributed by atoms with Gasteiger partial charge in [0.05, 0.1) is 7.11 Å². The van der Waals surface area contributed by atoms with Crippen LogP contribution in [0.5, 0.6) is 0 Å². The molecule has 0 spiro atoms. The Hall–Kier alpha value is -1.95. The third-order valence-electron chi connectivity index (χ3n) is 2.37. The minimum atomic E-state index is -0.714. The monoisotopic (exact) mass is 246 g/mol. The number of rotatable bonds is 4. The minimum absolute atomic E-state index is 0.560. The molecule has 1 unspecified atom stereocenters. The second-order valence-corrected chi connectivity index (χ2v) is 3.79. The molecule has 0 aromatic heterocycles. The predicted molar refractivity (Wildman–Crippen MR) is 70.0 cm³/mol. The SMILES string of the molecule is CCCCC#CC(OC(=O)OC)c1ccccc1. The number of unbranched alkanes of at least 4 members (excludes halogenated alkanes) is 2. The van der Waals surface area contributed by atoms with Crippen molar-refractivity contribution in [2.45, 2.75) is 32.3 Å². The van der Waals surface area contributed by atoms with E-state index in [0.29, 0.717) is 0 Å². The summed E-state index contributed by atoms with van der Waals surface area (Å²) in [5.74, 6) is 5.99. The number of methoxy groups -OCH3 is 1. The van der Waals surface area contributed by atoms with E-state index in [1.165, 1.54) is 7.11 Å². The van der Waals surface area contributed by atoms with E-state index < -0.39 is 12.3 Å². The average molecular weight is 246 g/mol. The summed E-state index contributed by atoms with van der Waals surface area (Å²) in [6.45, 7) is 2.11. The molecular formula is C15H18O3. The van der Waals surface area contributed by atoms with E-state index >= 15 is 0 Å². The molecule has 0 N–H and O–H groups in total. The van der Waals surface area contributed by atoms with E-state index in [0.717, 1.165) is 24.8 Å². The molecule has 1 aromatic rings. The molecule has 1 rings (SSSR count). The van der Waals surface area contributed by atoms with Gasteiger partial charge >= 0.3 is 6.16 Å². The van der Waals surface area contributed by atoms with Crippen LogP contribution in [-0.2, 0) is 9.47 Å². The van der Waals surface area contributed by atoms with Gasteiger partial charge in [0.1, 0.15) is 0 Å². The Bertz CT molecular complexity index is 414. The lowest BCUT2D eigenvalue weighted by Gasteiger charge is -2.11. The summed E-state index contributed by atoms with van der Waals surface area (Å²) in [5.41, 5.74) is 0.854. The van der Waals surface area contributed by atoms with Gasteiger partial charge in [-0.2, -0.15) is 0 Å². The van der Waals surface area contributed by atoms with E-state index in [1.54, 1.807) is 0 Å². The van der Waals surface area contributed by atoms with Crippen LogP contribution in [0.2, 0.25) is 0 Å². The van der Waals surface area contributed by atoms with Crippen molar-refractivity contribution in [1.82, 2.24) is 0 Å². The Labute approximate surface area is 108 Å². The highest BCUT2D eigenvalue weighted by Crippen LogP contribution is 2.16. The number of carbonyl (C=O) groups is 1. The summed E-state index contributed by atoms with van der Waals surface area (Å²) in [7, 11) is 1.29. The number of hydrogen-bond donors (Lipinski definition) is 0. The molecule has 0 amide bonds. The summed E-state index contributed by atoms with van der Waals surface area (Å²) in [6, 6.07) is 9.43. The molecule has 96 valence electrons. The van der Waals surface area contributed by atoms with Crippen LogP contribution in [0.1, 0.15) is 37.9 Å². The predicted octanol–water partition coefficient (Wildman–Crippen LogP) is 3.70. The standard InChI is InChI=1S/C15H18O3/c1-3-4-5-9-12-14(18-15(16)17-2)13-10-7-6-8-11-13/h6-8,10-11,14H,3-5H2,1-2H3. The number of benzene rings is 1. The molecule has 0 radical (unpaired) electrons. The van der Waals surface area contributed by atoms with Crippen LogP contribution in [0.3, 0.4) is 0 Å². The largest absolute Gasteiger partial charge is 0.509 e. The van der Waals surface area contributed by atoms with Crippen molar-refractivity contribution in [3.63, 3.8) is 0 Å². The Kier molecular flexibility index (Phi) is 6.42. The fraction of sp³-hybridized carbons (Fsp3) is 0.400. The molecule has 1 atom stereocenters. The van der Waals surface area contributed by atoms with E-state index in [1.807, 2.05) is 30.3 Å². The van der Waals surface area contributed by atoms with Crippen molar-refractivity contribution in [2.75, 3.05) is 7.11 Å². The van der Waals surface area contributed by atoms with E-state index in [-0.39, 0.29) is 0 Å². The fourth-order valence-electron chi connectivity index (χ4n) is 1.38. The van der Waals surface area contributed by atoms with Crippen LogP contribution in [0, 0.1) is 11.8 Å². The molecule has 3 heteroatoms. The summed E-state index contributed by atoms with van der Waals surface area (Å²) in [5, 5.41) is 0. The topological polar surface area (TPSA) is 35.5 Å². The van der Waals surface area contributed by atoms with Gasteiger partial charge in [0.15, 0.2) is 6.10 Å². The van der Waals surface area contributed by atoms with Crippen molar-refractivity contribution < 1.29 is 14.3 Å². The molecule has 0 aliphatic carbocycles. The normalized spacial score (nSPS) is 11.0. The van der Waals surface area contributed by atoms with Gasteiger partial charge in [-0.15, -0.1) is 0 Å². The maximum Gasteiger partial charge on any atom is 0.509 e. The zero-order valence-electron chi connectivity index (χ0n) is 10.8. The zero-order chi connectivity index (χ0) is 13.2. The van der Waals surface area contributed by atoms with Crippen LogP contribution in [-0.4, -0.2) is 13.3 Å². The third kappa shape index (κ3) is 4.92. The molecule has 0 bridgehead atoms. The molecule has 0 saturated heterocycles. The first kappa shape index (κ1) is 14.1. The summed E-state index contributed by atoms with van der Waals surface area (Å²) < 4.78 is 9.63. The van der Waals surface area contributed by atoms with Gasteiger partial charge in [-0.05, 0) is 6.42 Å². The summed E-state index contributed by atoms with van der Waals surface area (Å²) in [4.78, 5) is 11.2. The molecule has 0 fully saturated rings. The maximum atomic E-state index is 11.2. The first-order valence-corrected chi connectivity index (χ1v) is 6.06. The first-order chi connectivity index (χ1) is 8.77. The lowest BCUT2D eigenvalue weighted by atomic mass is 10.1. The number of ether oxygens (including phenoxy) is 2. The summed E-state index contributed by atoms with van der Waals surface area (Å²) >= 11 is 0. The van der Waals surface area contributed by atoms with Gasteiger partial charge in [-0.25, -0.2) is 4.79 Å². The minimum Gasteiger partial charge on any atom is -0.438 e. The van der Waals surface area contributed by atoms with Crippen LogP contribution in [0.15, 0.2) is 30.3 Å². The fourth-order valence-corrected chi connectivity index (χ4v) is 1.38. The highest BCUT2D eigenvalue weighted by Gasteiger charge is 2.13. The van der Waals surface area contributed by atoms with Crippen molar-refractivity contribution in [3.8, 4) is 11.8 Å². The van der Waals surface area contributed by atoms with Gasteiger partial charge in [0.2, 0.25) is 0 Å². The highest BCUT2D eigenvalue weighted by atomic mass is 16.7. The zero-order valence-corrected chi connectivity index (χ0v) is 10.8. The Morgan fingerprint density at radius 1 is 1.33 bits per heavy atom. The van der Waals surface area contributed by atoms with Crippen molar-refractivity contribution in [2.24, 2.45) is 0 Å². The van der Waals surface area contributed by atoms with E-state index in [4.69, 9.17) is 4.74 Å². The molecule has 18 heavy (non-hydrogen) atoms. The van der Waals surface area contributed by atoms with Gasteiger partial charge in [-0.1, -0.05) is 55.5 Å². The molecule has 0 saturated carbocycles. The Morgan fingerprint density at radius 2 is 2.06 bits per heavy atom. The second kappa shape index (κ2) is 8.19. The number of hydrogen-bond acceptors (Lipinski definition) is 3. The van der Waals surface area contributed by atoms with Crippen LogP contribution < -0.4 is 0 Å². The maximum absolute atomic E-state index is 11.2.